The zero-order valence-corrected chi connectivity index (χ0v) is 16.0. The van der Waals surface area contributed by atoms with E-state index in [9.17, 15) is 4.79 Å². The Morgan fingerprint density at radius 1 is 1.07 bits per heavy atom. The van der Waals surface area contributed by atoms with Crippen molar-refractivity contribution in [1.82, 2.24) is 9.38 Å². The second-order valence-corrected chi connectivity index (χ2v) is 7.20. The summed E-state index contributed by atoms with van der Waals surface area (Å²) in [5.74, 6) is 1.32. The van der Waals surface area contributed by atoms with Crippen molar-refractivity contribution in [3.63, 3.8) is 0 Å². The Labute approximate surface area is 160 Å². The molecule has 0 aliphatic heterocycles. The van der Waals surface area contributed by atoms with E-state index in [0.717, 1.165) is 32.9 Å². The van der Waals surface area contributed by atoms with E-state index in [1.807, 2.05) is 59.9 Å². The molecule has 0 saturated heterocycles. The Kier molecular flexibility index (Phi) is 4.41. The fourth-order valence-electron chi connectivity index (χ4n) is 3.27. The Morgan fingerprint density at radius 2 is 1.85 bits per heavy atom. The molecule has 0 aliphatic rings. The van der Waals surface area contributed by atoms with Crippen molar-refractivity contribution < 1.29 is 14.3 Å². The smallest absolute Gasteiger partial charge is 0.195 e. The van der Waals surface area contributed by atoms with Gasteiger partial charge in [0.1, 0.15) is 22.9 Å². The number of carbonyl (C=O) groups excluding carboxylic acids is 1. The largest absolute Gasteiger partial charge is 0.497 e. The first-order valence-electron chi connectivity index (χ1n) is 8.42. The van der Waals surface area contributed by atoms with Crippen LogP contribution in [0.5, 0.6) is 11.5 Å². The summed E-state index contributed by atoms with van der Waals surface area (Å²) in [6.45, 7) is 2.04. The third-order valence-electron chi connectivity index (χ3n) is 4.50. The van der Waals surface area contributed by atoms with Crippen LogP contribution < -0.4 is 9.47 Å². The number of aromatic nitrogens is 2. The van der Waals surface area contributed by atoms with E-state index in [1.54, 1.807) is 25.6 Å². The average molecular weight is 378 g/mol. The van der Waals surface area contributed by atoms with Gasteiger partial charge in [-0.2, -0.15) is 0 Å². The van der Waals surface area contributed by atoms with Crippen molar-refractivity contribution in [2.75, 3.05) is 14.2 Å². The predicted molar refractivity (Wildman–Crippen MR) is 107 cm³/mol. The maximum atomic E-state index is 12.1. The number of aryl methyl sites for hydroxylation is 1. The second kappa shape index (κ2) is 6.89. The number of benzene rings is 2. The molecule has 0 atom stereocenters. The topological polar surface area (TPSA) is 52.8 Å². The number of methoxy groups -OCH3 is 2. The number of thiazole rings is 1. The number of imidazole rings is 1. The van der Waals surface area contributed by atoms with Crippen LogP contribution in [0.2, 0.25) is 0 Å². The number of rotatable bonds is 5. The number of aldehydes is 1. The van der Waals surface area contributed by atoms with Gasteiger partial charge in [-0.05, 0) is 30.7 Å². The van der Waals surface area contributed by atoms with Gasteiger partial charge in [-0.3, -0.25) is 9.20 Å². The first-order chi connectivity index (χ1) is 13.2. The monoisotopic (exact) mass is 378 g/mol. The highest BCUT2D eigenvalue weighted by Gasteiger charge is 2.23. The number of nitrogens with zero attached hydrogens (tertiary/aromatic N) is 2. The minimum absolute atomic E-state index is 0.500. The number of fused-ring (bicyclic) bond motifs is 1. The zero-order valence-electron chi connectivity index (χ0n) is 15.2. The molecule has 4 rings (SSSR count). The Bertz CT molecular complexity index is 1130. The van der Waals surface area contributed by atoms with Crippen molar-refractivity contribution in [3.8, 4) is 34.0 Å². The van der Waals surface area contributed by atoms with E-state index in [2.05, 4.69) is 0 Å². The summed E-state index contributed by atoms with van der Waals surface area (Å²) in [5, 5.41) is 0. The van der Waals surface area contributed by atoms with E-state index in [1.165, 1.54) is 0 Å². The van der Waals surface area contributed by atoms with Gasteiger partial charge in [0.05, 0.1) is 19.9 Å². The number of carbonyl (C=O) groups is 1. The molecule has 27 heavy (non-hydrogen) atoms. The molecular formula is C21H18N2O3S. The Morgan fingerprint density at radius 3 is 2.52 bits per heavy atom. The summed E-state index contributed by atoms with van der Waals surface area (Å²) < 4.78 is 12.8. The lowest BCUT2D eigenvalue weighted by Crippen LogP contribution is -1.97. The summed E-state index contributed by atoms with van der Waals surface area (Å²) >= 11 is 1.56. The second-order valence-electron chi connectivity index (χ2n) is 6.02. The lowest BCUT2D eigenvalue weighted by Gasteiger charge is -2.10. The van der Waals surface area contributed by atoms with Crippen LogP contribution in [-0.4, -0.2) is 29.9 Å². The lowest BCUT2D eigenvalue weighted by molar-refractivity contribution is 0.111. The fourth-order valence-corrected chi connectivity index (χ4v) is 4.27. The van der Waals surface area contributed by atoms with Gasteiger partial charge in [-0.1, -0.05) is 30.3 Å². The minimum atomic E-state index is 0.500. The van der Waals surface area contributed by atoms with E-state index < -0.39 is 0 Å². The SMILES string of the molecule is COc1ccc(OC)c(-c2nc3sc(C)c(-c4ccccc4)n3c2C=O)c1. The van der Waals surface area contributed by atoms with Crippen LogP contribution in [0.1, 0.15) is 15.4 Å². The van der Waals surface area contributed by atoms with Crippen LogP contribution in [0.25, 0.3) is 27.5 Å². The molecule has 2 heterocycles. The number of ether oxygens (including phenoxy) is 2. The highest BCUT2D eigenvalue weighted by atomic mass is 32.1. The van der Waals surface area contributed by atoms with Gasteiger partial charge in [0, 0.05) is 10.4 Å². The highest BCUT2D eigenvalue weighted by Crippen LogP contribution is 2.39. The molecule has 4 aromatic rings. The van der Waals surface area contributed by atoms with Gasteiger partial charge in [0.25, 0.3) is 0 Å². The standard InChI is InChI=1S/C21H18N2O3S/c1-13-20(14-7-5-4-6-8-14)23-17(12-24)19(22-21(23)27-13)16-11-15(25-2)9-10-18(16)26-3/h4-12H,1-3H3. The van der Waals surface area contributed by atoms with Crippen LogP contribution in [0, 0.1) is 6.92 Å². The Balaban J connectivity index is 2.03. The van der Waals surface area contributed by atoms with Gasteiger partial charge in [0.2, 0.25) is 0 Å². The van der Waals surface area contributed by atoms with Gasteiger partial charge in [-0.15, -0.1) is 11.3 Å². The summed E-state index contributed by atoms with van der Waals surface area (Å²) in [5.41, 5.74) is 3.85. The van der Waals surface area contributed by atoms with E-state index in [-0.39, 0.29) is 0 Å². The quantitative estimate of drug-likeness (QED) is 0.465. The molecule has 5 nitrogen and oxygen atoms in total. The molecule has 0 spiro atoms. The molecule has 0 N–H and O–H groups in total. The van der Waals surface area contributed by atoms with Crippen molar-refractivity contribution in [1.29, 1.82) is 0 Å². The van der Waals surface area contributed by atoms with E-state index in [4.69, 9.17) is 14.5 Å². The van der Waals surface area contributed by atoms with Crippen LogP contribution in [0.15, 0.2) is 48.5 Å². The third kappa shape index (κ3) is 2.78. The normalized spacial score (nSPS) is 10.9. The maximum absolute atomic E-state index is 12.1. The lowest BCUT2D eigenvalue weighted by atomic mass is 10.1. The Hall–Kier alpha value is -3.12. The number of hydrogen-bond donors (Lipinski definition) is 0. The van der Waals surface area contributed by atoms with Crippen molar-refractivity contribution >= 4 is 22.6 Å². The molecule has 2 aromatic carbocycles. The van der Waals surface area contributed by atoms with Crippen molar-refractivity contribution in [2.45, 2.75) is 6.92 Å². The van der Waals surface area contributed by atoms with Gasteiger partial charge in [-0.25, -0.2) is 4.98 Å². The summed E-state index contributed by atoms with van der Waals surface area (Å²) in [6, 6.07) is 15.5. The summed E-state index contributed by atoms with van der Waals surface area (Å²) in [4.78, 5) is 18.7. The molecule has 0 radical (unpaired) electrons. The minimum Gasteiger partial charge on any atom is -0.497 e. The molecule has 0 saturated carbocycles. The van der Waals surface area contributed by atoms with Crippen LogP contribution in [-0.2, 0) is 0 Å². The first kappa shape index (κ1) is 17.3. The maximum Gasteiger partial charge on any atom is 0.195 e. The van der Waals surface area contributed by atoms with Crippen molar-refractivity contribution in [2.24, 2.45) is 0 Å². The summed E-state index contributed by atoms with van der Waals surface area (Å²) in [7, 11) is 3.21. The summed E-state index contributed by atoms with van der Waals surface area (Å²) in [6.07, 6.45) is 0.854. The molecule has 0 bridgehead atoms. The average Bonchev–Trinajstić information content (AvgIpc) is 3.21. The van der Waals surface area contributed by atoms with E-state index in [0.29, 0.717) is 22.9 Å². The highest BCUT2D eigenvalue weighted by molar-refractivity contribution is 7.17. The van der Waals surface area contributed by atoms with Crippen LogP contribution >= 0.6 is 11.3 Å². The van der Waals surface area contributed by atoms with Crippen LogP contribution in [0.4, 0.5) is 0 Å². The first-order valence-corrected chi connectivity index (χ1v) is 9.24. The van der Waals surface area contributed by atoms with Crippen molar-refractivity contribution in [3.05, 3.63) is 59.1 Å². The van der Waals surface area contributed by atoms with E-state index >= 15 is 0 Å². The molecule has 136 valence electrons. The van der Waals surface area contributed by atoms with Gasteiger partial charge in [0.15, 0.2) is 11.2 Å². The van der Waals surface area contributed by atoms with Crippen LogP contribution in [0.3, 0.4) is 0 Å². The fraction of sp³-hybridized carbons (Fsp3) is 0.143. The molecule has 0 fully saturated rings. The van der Waals surface area contributed by atoms with Gasteiger partial charge >= 0.3 is 0 Å². The predicted octanol–water partition coefficient (Wildman–Crippen LogP) is 4.87. The third-order valence-corrected chi connectivity index (χ3v) is 5.46. The van der Waals surface area contributed by atoms with Gasteiger partial charge < -0.3 is 9.47 Å². The molecule has 2 aromatic heterocycles. The molecule has 0 aliphatic carbocycles. The molecular weight excluding hydrogens is 360 g/mol. The number of hydrogen-bond acceptors (Lipinski definition) is 5. The zero-order chi connectivity index (χ0) is 19.0. The molecule has 6 heteroatoms. The molecule has 0 unspecified atom stereocenters. The molecule has 0 amide bonds.